The predicted molar refractivity (Wildman–Crippen MR) is 85.8 cm³/mol. The molecule has 0 radical (unpaired) electrons. The van der Waals surface area contributed by atoms with Crippen molar-refractivity contribution in [2.75, 3.05) is 0 Å². The summed E-state index contributed by atoms with van der Waals surface area (Å²) in [5.41, 5.74) is 7.07. The van der Waals surface area contributed by atoms with Crippen LogP contribution in [0.25, 0.3) is 0 Å². The Morgan fingerprint density at radius 3 is 2.85 bits per heavy atom. The van der Waals surface area contributed by atoms with E-state index in [1.165, 1.54) is 11.3 Å². The second-order valence-corrected chi connectivity index (χ2v) is 7.31. The van der Waals surface area contributed by atoms with E-state index in [4.69, 9.17) is 28.9 Å². The molecule has 2 N–H and O–H groups in total. The fourth-order valence-electron chi connectivity index (χ4n) is 1.56. The van der Waals surface area contributed by atoms with Gasteiger partial charge in [-0.05, 0) is 24.6 Å². The van der Waals surface area contributed by atoms with E-state index >= 15 is 0 Å². The van der Waals surface area contributed by atoms with Crippen LogP contribution in [0.15, 0.2) is 22.5 Å². The Morgan fingerprint density at radius 1 is 1.45 bits per heavy atom. The number of hydrogen-bond donors (Lipinski definition) is 1. The summed E-state index contributed by atoms with van der Waals surface area (Å²) in [5.74, 6) is 0.368. The molecule has 20 heavy (non-hydrogen) atoms. The lowest BCUT2D eigenvalue weighted by molar-refractivity contribution is -0.117. The van der Waals surface area contributed by atoms with Gasteiger partial charge in [0.2, 0.25) is 5.91 Å². The highest BCUT2D eigenvalue weighted by Gasteiger charge is 2.11. The Kier molecular flexibility index (Phi) is 5.32. The van der Waals surface area contributed by atoms with Crippen molar-refractivity contribution in [1.29, 1.82) is 0 Å². The van der Waals surface area contributed by atoms with E-state index in [-0.39, 0.29) is 12.3 Å². The van der Waals surface area contributed by atoms with Crippen molar-refractivity contribution in [3.05, 3.63) is 44.4 Å². The first kappa shape index (κ1) is 15.6. The first-order valence-corrected chi connectivity index (χ1v) is 8.33. The molecule has 1 heterocycles. The van der Waals surface area contributed by atoms with Crippen LogP contribution in [-0.4, -0.2) is 10.9 Å². The summed E-state index contributed by atoms with van der Waals surface area (Å²) >= 11 is 15.1. The minimum absolute atomic E-state index is 0.242. The summed E-state index contributed by atoms with van der Waals surface area (Å²) in [7, 11) is 0. The van der Waals surface area contributed by atoms with Crippen molar-refractivity contribution in [3.8, 4) is 0 Å². The molecule has 0 atom stereocenters. The van der Waals surface area contributed by atoms with Gasteiger partial charge in [0, 0.05) is 20.7 Å². The van der Waals surface area contributed by atoms with Crippen molar-refractivity contribution in [3.63, 3.8) is 0 Å². The minimum Gasteiger partial charge on any atom is -0.369 e. The highest BCUT2D eigenvalue weighted by Crippen LogP contribution is 2.32. The van der Waals surface area contributed by atoms with Crippen LogP contribution < -0.4 is 5.73 Å². The summed E-state index contributed by atoms with van der Waals surface area (Å²) in [4.78, 5) is 16.3. The zero-order valence-corrected chi connectivity index (χ0v) is 13.8. The van der Waals surface area contributed by atoms with Gasteiger partial charge in [0.1, 0.15) is 0 Å². The first-order valence-electron chi connectivity index (χ1n) is 5.77. The number of carbonyl (C=O) groups is 1. The Hall–Kier alpha value is -0.750. The maximum Gasteiger partial charge on any atom is 0.222 e. The Labute approximate surface area is 135 Å². The number of amides is 1. The van der Waals surface area contributed by atoms with E-state index < -0.39 is 0 Å². The van der Waals surface area contributed by atoms with Crippen LogP contribution in [0.1, 0.15) is 16.1 Å². The van der Waals surface area contributed by atoms with Gasteiger partial charge in [0.05, 0.1) is 12.1 Å². The molecular weight excluding hydrogens is 335 g/mol. The molecule has 2 aromatic rings. The third kappa shape index (κ3) is 4.12. The lowest BCUT2D eigenvalue weighted by Crippen LogP contribution is -2.13. The topological polar surface area (TPSA) is 56.0 Å². The second kappa shape index (κ2) is 6.80. The van der Waals surface area contributed by atoms with Crippen LogP contribution in [0, 0.1) is 6.92 Å². The van der Waals surface area contributed by atoms with Gasteiger partial charge in [-0.3, -0.25) is 4.79 Å². The molecule has 0 saturated heterocycles. The molecule has 2 rings (SSSR count). The molecule has 0 fully saturated rings. The Morgan fingerprint density at radius 2 is 2.20 bits per heavy atom. The van der Waals surface area contributed by atoms with Crippen molar-refractivity contribution >= 4 is 52.2 Å². The largest absolute Gasteiger partial charge is 0.369 e. The molecule has 3 nitrogen and oxygen atoms in total. The second-order valence-electron chi connectivity index (χ2n) is 4.16. The highest BCUT2D eigenvalue weighted by atomic mass is 35.5. The molecule has 0 spiro atoms. The van der Waals surface area contributed by atoms with Crippen molar-refractivity contribution < 1.29 is 4.79 Å². The molecule has 1 aromatic heterocycles. The maximum absolute atomic E-state index is 11.0. The van der Waals surface area contributed by atoms with Crippen molar-refractivity contribution in [2.45, 2.75) is 23.4 Å². The molecule has 0 unspecified atom stereocenters. The number of hydrogen-bond acceptors (Lipinski definition) is 4. The van der Waals surface area contributed by atoms with Gasteiger partial charge in [0.25, 0.3) is 0 Å². The van der Waals surface area contributed by atoms with Crippen LogP contribution in [0.5, 0.6) is 0 Å². The molecule has 0 aliphatic heterocycles. The number of aryl methyl sites for hydroxylation is 1. The number of benzene rings is 1. The van der Waals surface area contributed by atoms with E-state index in [0.29, 0.717) is 15.8 Å². The van der Waals surface area contributed by atoms with Gasteiger partial charge in [-0.1, -0.05) is 41.0 Å². The zero-order valence-electron chi connectivity index (χ0n) is 10.7. The summed E-state index contributed by atoms with van der Waals surface area (Å²) < 4.78 is 0.907. The van der Waals surface area contributed by atoms with E-state index in [1.54, 1.807) is 17.8 Å². The van der Waals surface area contributed by atoms with Gasteiger partial charge in [-0.15, -0.1) is 11.3 Å². The number of thioether (sulfide) groups is 1. The predicted octanol–water partition coefficient (Wildman–Crippen LogP) is 4.08. The van der Waals surface area contributed by atoms with Gasteiger partial charge >= 0.3 is 0 Å². The molecule has 0 aliphatic rings. The molecular formula is C13H12Cl2N2OS2. The molecule has 106 valence electrons. The Balaban J connectivity index is 2.05. The van der Waals surface area contributed by atoms with Crippen molar-refractivity contribution in [1.82, 2.24) is 4.98 Å². The number of primary amides is 1. The minimum atomic E-state index is -0.339. The SMILES string of the molecule is Cc1nc(SCc2ccc(Cl)cc2Cl)sc1CC(N)=O. The van der Waals surface area contributed by atoms with Crippen molar-refractivity contribution in [2.24, 2.45) is 5.73 Å². The number of thiazole rings is 1. The third-order valence-corrected chi connectivity index (χ3v) is 5.51. The summed E-state index contributed by atoms with van der Waals surface area (Å²) in [5, 5.41) is 1.27. The number of nitrogens with zero attached hydrogens (tertiary/aromatic N) is 1. The first-order chi connectivity index (χ1) is 9.45. The molecule has 1 amide bonds. The van der Waals surface area contributed by atoms with Crippen LogP contribution in [0.3, 0.4) is 0 Å². The average Bonchev–Trinajstić information content (AvgIpc) is 2.68. The van der Waals surface area contributed by atoms with Gasteiger partial charge < -0.3 is 5.73 Å². The van der Waals surface area contributed by atoms with E-state index in [1.807, 2.05) is 19.1 Å². The lowest BCUT2D eigenvalue weighted by atomic mass is 10.2. The van der Waals surface area contributed by atoms with Gasteiger partial charge in [0.15, 0.2) is 4.34 Å². The normalized spacial score (nSPS) is 10.8. The maximum atomic E-state index is 11.0. The number of carbonyl (C=O) groups excluding carboxylic acids is 1. The molecule has 0 aliphatic carbocycles. The number of halogens is 2. The molecule has 1 aromatic carbocycles. The molecule has 0 bridgehead atoms. The standard InChI is InChI=1S/C13H12Cl2N2OS2/c1-7-11(5-12(16)18)20-13(17-7)19-6-8-2-3-9(14)4-10(8)15/h2-4H,5-6H2,1H3,(H2,16,18). The lowest BCUT2D eigenvalue weighted by Gasteiger charge is -2.02. The summed E-state index contributed by atoms with van der Waals surface area (Å²) in [6, 6.07) is 5.45. The van der Waals surface area contributed by atoms with E-state index in [9.17, 15) is 4.79 Å². The summed E-state index contributed by atoms with van der Waals surface area (Å²) in [6.45, 7) is 1.88. The molecule has 0 saturated carbocycles. The zero-order chi connectivity index (χ0) is 14.7. The number of aromatic nitrogens is 1. The number of rotatable bonds is 5. The van der Waals surface area contributed by atoms with Crippen LogP contribution in [0.2, 0.25) is 10.0 Å². The molecule has 7 heteroatoms. The van der Waals surface area contributed by atoms with E-state index in [0.717, 1.165) is 20.5 Å². The van der Waals surface area contributed by atoms with Gasteiger partial charge in [-0.25, -0.2) is 4.98 Å². The third-order valence-electron chi connectivity index (χ3n) is 2.57. The van der Waals surface area contributed by atoms with Gasteiger partial charge in [-0.2, -0.15) is 0 Å². The Bertz CT molecular complexity index is 643. The van der Waals surface area contributed by atoms with Crippen LogP contribution in [-0.2, 0) is 17.0 Å². The monoisotopic (exact) mass is 346 g/mol. The number of nitrogens with two attached hydrogens (primary N) is 1. The summed E-state index contributed by atoms with van der Waals surface area (Å²) in [6.07, 6.45) is 0.242. The van der Waals surface area contributed by atoms with Crippen LogP contribution in [0.4, 0.5) is 0 Å². The van der Waals surface area contributed by atoms with E-state index in [2.05, 4.69) is 4.98 Å². The van der Waals surface area contributed by atoms with Crippen LogP contribution >= 0.6 is 46.3 Å². The quantitative estimate of drug-likeness (QED) is 0.829. The highest BCUT2D eigenvalue weighted by molar-refractivity contribution is 8.00. The fourth-order valence-corrected chi connectivity index (χ4v) is 4.37. The average molecular weight is 347 g/mol. The smallest absolute Gasteiger partial charge is 0.222 e. The fraction of sp³-hybridized carbons (Fsp3) is 0.231.